The fourth-order valence-electron chi connectivity index (χ4n) is 3.28. The minimum Gasteiger partial charge on any atom is -0.494 e. The van der Waals surface area contributed by atoms with Crippen LogP contribution in [-0.4, -0.2) is 36.1 Å². The van der Waals surface area contributed by atoms with Crippen LogP contribution in [0.4, 0.5) is 18.0 Å². The maximum Gasteiger partial charge on any atom is 0.387 e. The summed E-state index contributed by atoms with van der Waals surface area (Å²) in [5.41, 5.74) is 0.131. The van der Waals surface area contributed by atoms with Gasteiger partial charge < -0.3 is 14.8 Å². The minimum atomic E-state index is -2.90. The Morgan fingerprint density at radius 1 is 1.10 bits per heavy atom. The van der Waals surface area contributed by atoms with Gasteiger partial charge in [0, 0.05) is 0 Å². The Bertz CT molecular complexity index is 936. The molecule has 1 unspecified atom stereocenters. The monoisotopic (exact) mass is 422 g/mol. The topological polar surface area (TPSA) is 67.9 Å². The van der Waals surface area contributed by atoms with Gasteiger partial charge in [-0.1, -0.05) is 18.2 Å². The third-order valence-corrected chi connectivity index (χ3v) is 4.96. The van der Waals surface area contributed by atoms with Gasteiger partial charge in [0.15, 0.2) is 11.6 Å². The first-order chi connectivity index (χ1) is 14.2. The van der Waals surface area contributed by atoms with E-state index in [1.165, 1.54) is 31.4 Å². The average molecular weight is 422 g/mol. The second-order valence-corrected chi connectivity index (χ2v) is 7.14. The molecule has 1 fully saturated rings. The number of carbonyl (C=O) groups excluding carboxylic acids is 2. The number of nitrogens with one attached hydrogen (secondary N) is 1. The Kier molecular flexibility index (Phi) is 6.19. The van der Waals surface area contributed by atoms with E-state index in [9.17, 15) is 22.8 Å². The van der Waals surface area contributed by atoms with Gasteiger partial charge >= 0.3 is 12.6 Å². The first-order valence-electron chi connectivity index (χ1n) is 9.22. The Morgan fingerprint density at radius 2 is 1.77 bits per heavy atom. The fourth-order valence-corrected chi connectivity index (χ4v) is 3.28. The van der Waals surface area contributed by atoms with E-state index >= 15 is 0 Å². The molecular formula is C21H21F3N2O4. The van der Waals surface area contributed by atoms with Crippen molar-refractivity contribution in [3.05, 3.63) is 59.4 Å². The highest BCUT2D eigenvalue weighted by Gasteiger charge is 2.47. The third kappa shape index (κ3) is 4.67. The van der Waals surface area contributed by atoms with Crippen molar-refractivity contribution < 1.29 is 32.2 Å². The molecule has 1 aliphatic rings. The number of ether oxygens (including phenoxy) is 2. The molecule has 2 aromatic carbocycles. The number of benzene rings is 2. The fraction of sp³-hybridized carbons (Fsp3) is 0.333. The zero-order chi connectivity index (χ0) is 21.9. The van der Waals surface area contributed by atoms with Crippen LogP contribution in [0.3, 0.4) is 0 Å². The standard InChI is InChI=1S/C21H21F3N2O4/c1-21(10-9-13-3-6-15(7-4-13)30-19(23)24)18(27)26(20(28)25-21)12-14-5-8-17(29-2)16(22)11-14/h3-8,11,19H,9-10,12H2,1-2H3,(H,25,28). The summed E-state index contributed by atoms with van der Waals surface area (Å²) in [6.07, 6.45) is 0.739. The number of alkyl halides is 2. The van der Waals surface area contributed by atoms with Crippen LogP contribution in [0, 0.1) is 5.82 Å². The summed E-state index contributed by atoms with van der Waals surface area (Å²) < 4.78 is 47.5. The molecule has 0 aromatic heterocycles. The highest BCUT2D eigenvalue weighted by atomic mass is 19.3. The van der Waals surface area contributed by atoms with Gasteiger partial charge in [-0.2, -0.15) is 8.78 Å². The molecule has 0 radical (unpaired) electrons. The van der Waals surface area contributed by atoms with Gasteiger partial charge in [0.05, 0.1) is 13.7 Å². The molecule has 1 aliphatic heterocycles. The van der Waals surface area contributed by atoms with Crippen molar-refractivity contribution in [2.45, 2.75) is 38.5 Å². The Hall–Kier alpha value is -3.23. The molecule has 0 spiro atoms. The predicted octanol–water partition coefficient (Wildman–Crippen LogP) is 3.88. The molecular weight excluding hydrogens is 401 g/mol. The molecule has 6 nitrogen and oxygen atoms in total. The second-order valence-electron chi connectivity index (χ2n) is 7.14. The summed E-state index contributed by atoms with van der Waals surface area (Å²) >= 11 is 0. The molecule has 0 aliphatic carbocycles. The Balaban J connectivity index is 1.64. The van der Waals surface area contributed by atoms with Crippen LogP contribution in [0.15, 0.2) is 42.5 Å². The van der Waals surface area contributed by atoms with Gasteiger partial charge in [0.1, 0.15) is 11.3 Å². The molecule has 9 heteroatoms. The van der Waals surface area contributed by atoms with E-state index in [1.54, 1.807) is 25.1 Å². The minimum absolute atomic E-state index is 0.0445. The van der Waals surface area contributed by atoms with Crippen LogP contribution in [0.25, 0.3) is 0 Å². The van der Waals surface area contributed by atoms with E-state index in [1.807, 2.05) is 0 Å². The number of rotatable bonds is 8. The Labute approximate surface area is 171 Å². The molecule has 1 atom stereocenters. The molecule has 3 rings (SSSR count). The van der Waals surface area contributed by atoms with Crippen molar-refractivity contribution in [1.82, 2.24) is 10.2 Å². The number of methoxy groups -OCH3 is 1. The van der Waals surface area contributed by atoms with Gasteiger partial charge in [-0.25, -0.2) is 9.18 Å². The van der Waals surface area contributed by atoms with Crippen molar-refractivity contribution in [3.8, 4) is 11.5 Å². The molecule has 30 heavy (non-hydrogen) atoms. The van der Waals surface area contributed by atoms with Crippen LogP contribution in [0.5, 0.6) is 11.5 Å². The first-order valence-corrected chi connectivity index (χ1v) is 9.22. The van der Waals surface area contributed by atoms with Gasteiger partial charge in [-0.05, 0) is 55.2 Å². The SMILES string of the molecule is COc1ccc(CN2C(=O)NC(C)(CCc3ccc(OC(F)F)cc3)C2=O)cc1F. The molecule has 1 N–H and O–H groups in total. The summed E-state index contributed by atoms with van der Waals surface area (Å²) in [5.74, 6) is -0.876. The number of hydrogen-bond acceptors (Lipinski definition) is 4. The van der Waals surface area contributed by atoms with Gasteiger partial charge in [-0.3, -0.25) is 9.69 Å². The van der Waals surface area contributed by atoms with E-state index in [0.717, 1.165) is 10.5 Å². The lowest BCUT2D eigenvalue weighted by Gasteiger charge is -2.22. The molecule has 1 heterocycles. The highest BCUT2D eigenvalue weighted by Crippen LogP contribution is 2.26. The lowest BCUT2D eigenvalue weighted by Crippen LogP contribution is -2.44. The number of amides is 3. The van der Waals surface area contributed by atoms with Crippen LogP contribution < -0.4 is 14.8 Å². The summed E-state index contributed by atoms with van der Waals surface area (Å²) in [6, 6.07) is 9.77. The molecule has 0 saturated carbocycles. The van der Waals surface area contributed by atoms with Crippen LogP contribution >= 0.6 is 0 Å². The average Bonchev–Trinajstić information content (AvgIpc) is 2.91. The number of aryl methyl sites for hydroxylation is 1. The summed E-state index contributed by atoms with van der Waals surface area (Å²) in [6.45, 7) is -1.34. The van der Waals surface area contributed by atoms with Gasteiger partial charge in [0.2, 0.25) is 0 Å². The second kappa shape index (κ2) is 8.64. The number of imide groups is 1. The van der Waals surface area contributed by atoms with Crippen molar-refractivity contribution in [1.29, 1.82) is 0 Å². The van der Waals surface area contributed by atoms with E-state index in [4.69, 9.17) is 4.74 Å². The number of carbonyl (C=O) groups is 2. The van der Waals surface area contributed by atoms with Crippen molar-refractivity contribution >= 4 is 11.9 Å². The van der Waals surface area contributed by atoms with E-state index < -0.39 is 29.9 Å². The van der Waals surface area contributed by atoms with Gasteiger partial charge in [0.25, 0.3) is 5.91 Å². The van der Waals surface area contributed by atoms with Crippen LogP contribution in [0.1, 0.15) is 24.5 Å². The number of urea groups is 1. The van der Waals surface area contributed by atoms with E-state index in [2.05, 4.69) is 10.1 Å². The quantitative estimate of drug-likeness (QED) is 0.656. The van der Waals surface area contributed by atoms with Crippen LogP contribution in [0.2, 0.25) is 0 Å². The molecule has 2 aromatic rings. The normalized spacial score (nSPS) is 18.7. The number of nitrogens with zero attached hydrogens (tertiary/aromatic N) is 1. The maximum absolute atomic E-state index is 13.9. The smallest absolute Gasteiger partial charge is 0.387 e. The van der Waals surface area contributed by atoms with Crippen LogP contribution in [-0.2, 0) is 17.8 Å². The zero-order valence-electron chi connectivity index (χ0n) is 16.5. The van der Waals surface area contributed by atoms with Gasteiger partial charge in [-0.15, -0.1) is 0 Å². The molecule has 3 amide bonds. The number of halogens is 3. The largest absolute Gasteiger partial charge is 0.494 e. The lowest BCUT2D eigenvalue weighted by molar-refractivity contribution is -0.131. The lowest BCUT2D eigenvalue weighted by atomic mass is 9.93. The summed E-state index contributed by atoms with van der Waals surface area (Å²) in [5, 5.41) is 2.69. The highest BCUT2D eigenvalue weighted by molar-refractivity contribution is 6.06. The maximum atomic E-state index is 13.9. The third-order valence-electron chi connectivity index (χ3n) is 4.96. The predicted molar refractivity (Wildman–Crippen MR) is 102 cm³/mol. The first kappa shape index (κ1) is 21.5. The summed E-state index contributed by atoms with van der Waals surface area (Å²) in [4.78, 5) is 26.3. The van der Waals surface area contributed by atoms with E-state index in [0.29, 0.717) is 18.4 Å². The molecule has 0 bridgehead atoms. The number of hydrogen-bond donors (Lipinski definition) is 1. The Morgan fingerprint density at radius 3 is 2.37 bits per heavy atom. The van der Waals surface area contributed by atoms with Crippen molar-refractivity contribution in [2.24, 2.45) is 0 Å². The molecule has 160 valence electrons. The zero-order valence-corrected chi connectivity index (χ0v) is 16.5. The van der Waals surface area contributed by atoms with Crippen molar-refractivity contribution in [3.63, 3.8) is 0 Å². The summed E-state index contributed by atoms with van der Waals surface area (Å²) in [7, 11) is 1.35. The molecule has 1 saturated heterocycles. The van der Waals surface area contributed by atoms with Crippen molar-refractivity contribution in [2.75, 3.05) is 7.11 Å². The van der Waals surface area contributed by atoms with E-state index in [-0.39, 0.29) is 18.0 Å².